The van der Waals surface area contributed by atoms with E-state index in [0.29, 0.717) is 42.1 Å². The van der Waals surface area contributed by atoms with Crippen LogP contribution < -0.4 is 5.32 Å². The molecule has 146 valence electrons. The van der Waals surface area contributed by atoms with Crippen molar-refractivity contribution in [2.45, 2.75) is 32.6 Å². The Kier molecular flexibility index (Phi) is 5.31. The summed E-state index contributed by atoms with van der Waals surface area (Å²) in [4.78, 5) is 16.8. The maximum Gasteiger partial charge on any atom is 0.223 e. The van der Waals surface area contributed by atoms with Gasteiger partial charge in [0.1, 0.15) is 5.82 Å². The highest BCUT2D eigenvalue weighted by atomic mass is 19.1. The van der Waals surface area contributed by atoms with E-state index in [1.165, 1.54) is 12.1 Å². The number of aromatic amines is 1. The first-order valence-corrected chi connectivity index (χ1v) is 9.29. The molecule has 7 nitrogen and oxygen atoms in total. The van der Waals surface area contributed by atoms with Crippen LogP contribution in [0.2, 0.25) is 0 Å². The minimum atomic E-state index is -0.559. The Morgan fingerprint density at radius 3 is 2.57 bits per heavy atom. The van der Waals surface area contributed by atoms with Crippen molar-refractivity contribution in [1.29, 1.82) is 0 Å². The van der Waals surface area contributed by atoms with Crippen LogP contribution in [0.15, 0.2) is 36.5 Å². The molecule has 1 aromatic carbocycles. The first kappa shape index (κ1) is 18.5. The van der Waals surface area contributed by atoms with Crippen molar-refractivity contribution < 1.29 is 13.9 Å². The highest BCUT2D eigenvalue weighted by Gasteiger charge is 2.24. The van der Waals surface area contributed by atoms with Crippen molar-refractivity contribution in [3.63, 3.8) is 0 Å². The van der Waals surface area contributed by atoms with Gasteiger partial charge in [0.05, 0.1) is 30.3 Å². The topological polar surface area (TPSA) is 85.0 Å². The maximum atomic E-state index is 13.4. The van der Waals surface area contributed by atoms with Gasteiger partial charge >= 0.3 is 0 Å². The van der Waals surface area contributed by atoms with Gasteiger partial charge in [-0.2, -0.15) is 0 Å². The summed E-state index contributed by atoms with van der Waals surface area (Å²) in [6, 6.07) is 8.21. The predicted octanol–water partition coefficient (Wildman–Crippen LogP) is 3.93. The first-order valence-electron chi connectivity index (χ1n) is 9.29. The van der Waals surface area contributed by atoms with Crippen molar-refractivity contribution in [1.82, 2.24) is 19.9 Å². The zero-order chi connectivity index (χ0) is 19.5. The summed E-state index contributed by atoms with van der Waals surface area (Å²) in [5.74, 6) is 0.787. The molecule has 0 unspecified atom stereocenters. The van der Waals surface area contributed by atoms with Crippen LogP contribution in [-0.2, 0) is 9.47 Å². The second kappa shape index (κ2) is 8.04. The summed E-state index contributed by atoms with van der Waals surface area (Å²) in [5.41, 5.74) is 2.80. The average Bonchev–Trinajstić information content (AvgIpc) is 3.14. The van der Waals surface area contributed by atoms with Crippen molar-refractivity contribution in [3.05, 3.63) is 48.2 Å². The third kappa shape index (κ3) is 4.02. The summed E-state index contributed by atoms with van der Waals surface area (Å²) < 4.78 is 24.8. The summed E-state index contributed by atoms with van der Waals surface area (Å²) in [6.07, 6.45) is 1.98. The van der Waals surface area contributed by atoms with E-state index < -0.39 is 6.29 Å². The van der Waals surface area contributed by atoms with E-state index in [9.17, 15) is 4.39 Å². The standard InChI is InChI=1S/C20H22FN5O2/c1-12(2)23-20-22-9-8-15(24-20)17-16(13-4-6-14(21)7-5-13)25-18(26-17)19-27-10-3-11-28-19/h4-9,12,19H,3,10-11H2,1-2H3,(H,25,26)(H,22,23,24). The smallest absolute Gasteiger partial charge is 0.223 e. The Hall–Kier alpha value is -2.84. The van der Waals surface area contributed by atoms with E-state index in [0.717, 1.165) is 12.0 Å². The number of hydrogen-bond acceptors (Lipinski definition) is 6. The molecule has 2 aromatic heterocycles. The van der Waals surface area contributed by atoms with E-state index in [1.807, 2.05) is 13.8 Å². The van der Waals surface area contributed by atoms with Crippen LogP contribution >= 0.6 is 0 Å². The number of benzene rings is 1. The lowest BCUT2D eigenvalue weighted by Gasteiger charge is -2.21. The molecule has 3 heterocycles. The number of anilines is 1. The number of halogens is 1. The number of rotatable bonds is 5. The molecule has 0 spiro atoms. The van der Waals surface area contributed by atoms with Gasteiger partial charge in [0.25, 0.3) is 0 Å². The number of aromatic nitrogens is 4. The van der Waals surface area contributed by atoms with Gasteiger partial charge in [-0.25, -0.2) is 19.3 Å². The monoisotopic (exact) mass is 383 g/mol. The fourth-order valence-electron chi connectivity index (χ4n) is 2.98. The van der Waals surface area contributed by atoms with Crippen LogP contribution in [0.1, 0.15) is 32.4 Å². The molecule has 0 atom stereocenters. The lowest BCUT2D eigenvalue weighted by Crippen LogP contribution is -2.18. The van der Waals surface area contributed by atoms with Crippen molar-refractivity contribution in [2.24, 2.45) is 0 Å². The number of hydrogen-bond donors (Lipinski definition) is 2. The molecule has 1 saturated heterocycles. The van der Waals surface area contributed by atoms with E-state index in [1.54, 1.807) is 24.4 Å². The van der Waals surface area contributed by atoms with E-state index in [4.69, 9.17) is 14.5 Å². The van der Waals surface area contributed by atoms with E-state index >= 15 is 0 Å². The maximum absolute atomic E-state index is 13.4. The fraction of sp³-hybridized carbons (Fsp3) is 0.350. The Morgan fingerprint density at radius 2 is 1.86 bits per heavy atom. The van der Waals surface area contributed by atoms with Gasteiger partial charge in [0.2, 0.25) is 12.2 Å². The molecule has 1 fully saturated rings. The molecule has 1 aliphatic rings. The highest BCUT2D eigenvalue weighted by molar-refractivity contribution is 5.77. The molecule has 0 amide bonds. The minimum Gasteiger partial charge on any atom is -0.352 e. The Labute approximate surface area is 162 Å². The SMILES string of the molecule is CC(C)Nc1nccc(-c2[nH]c(C3OCCCO3)nc2-c2ccc(F)cc2)n1. The molecule has 0 aliphatic carbocycles. The summed E-state index contributed by atoms with van der Waals surface area (Å²) in [7, 11) is 0. The van der Waals surface area contributed by atoms with E-state index in [2.05, 4.69) is 20.3 Å². The quantitative estimate of drug-likeness (QED) is 0.694. The second-order valence-electron chi connectivity index (χ2n) is 6.84. The number of nitrogens with one attached hydrogen (secondary N) is 2. The molecule has 0 bridgehead atoms. The molecular formula is C20H22FN5O2. The predicted molar refractivity (Wildman–Crippen MR) is 103 cm³/mol. The zero-order valence-electron chi connectivity index (χ0n) is 15.8. The van der Waals surface area contributed by atoms with Gasteiger partial charge in [-0.05, 0) is 50.6 Å². The Morgan fingerprint density at radius 1 is 1.11 bits per heavy atom. The summed E-state index contributed by atoms with van der Waals surface area (Å²) in [5, 5.41) is 3.20. The molecule has 4 rings (SSSR count). The molecular weight excluding hydrogens is 361 g/mol. The van der Waals surface area contributed by atoms with Crippen LogP contribution in [0.4, 0.5) is 10.3 Å². The molecule has 0 radical (unpaired) electrons. The zero-order valence-corrected chi connectivity index (χ0v) is 15.8. The highest BCUT2D eigenvalue weighted by Crippen LogP contribution is 2.32. The third-order valence-electron chi connectivity index (χ3n) is 4.22. The Balaban J connectivity index is 1.78. The van der Waals surface area contributed by atoms with Crippen LogP contribution in [0, 0.1) is 5.82 Å². The van der Waals surface area contributed by atoms with Crippen molar-refractivity contribution in [2.75, 3.05) is 18.5 Å². The van der Waals surface area contributed by atoms with Crippen molar-refractivity contribution in [3.8, 4) is 22.6 Å². The van der Waals surface area contributed by atoms with Crippen LogP contribution in [-0.4, -0.2) is 39.2 Å². The lowest BCUT2D eigenvalue weighted by molar-refractivity contribution is -0.186. The number of nitrogens with zero attached hydrogens (tertiary/aromatic N) is 3. The largest absolute Gasteiger partial charge is 0.352 e. The van der Waals surface area contributed by atoms with Gasteiger partial charge in [-0.3, -0.25) is 0 Å². The lowest BCUT2D eigenvalue weighted by atomic mass is 10.1. The van der Waals surface area contributed by atoms with Gasteiger partial charge in [0, 0.05) is 17.8 Å². The van der Waals surface area contributed by atoms with Gasteiger partial charge < -0.3 is 19.8 Å². The van der Waals surface area contributed by atoms with E-state index in [-0.39, 0.29) is 11.9 Å². The van der Waals surface area contributed by atoms with Crippen molar-refractivity contribution >= 4 is 5.95 Å². The second-order valence-corrected chi connectivity index (χ2v) is 6.84. The Bertz CT molecular complexity index is 936. The van der Waals surface area contributed by atoms with Crippen LogP contribution in [0.3, 0.4) is 0 Å². The van der Waals surface area contributed by atoms with Gasteiger partial charge in [0.15, 0.2) is 5.82 Å². The molecule has 8 heteroatoms. The number of imidazole rings is 1. The number of H-pyrrole nitrogens is 1. The van der Waals surface area contributed by atoms with Gasteiger partial charge in [-0.1, -0.05) is 0 Å². The molecule has 0 saturated carbocycles. The average molecular weight is 383 g/mol. The van der Waals surface area contributed by atoms with Crippen LogP contribution in [0.25, 0.3) is 22.6 Å². The number of ether oxygens (including phenoxy) is 2. The molecule has 3 aromatic rings. The normalized spacial score (nSPS) is 15.1. The minimum absolute atomic E-state index is 0.202. The fourth-order valence-corrected chi connectivity index (χ4v) is 2.98. The summed E-state index contributed by atoms with van der Waals surface area (Å²) in [6.45, 7) is 5.27. The molecule has 1 aliphatic heterocycles. The summed E-state index contributed by atoms with van der Waals surface area (Å²) >= 11 is 0. The first-order chi connectivity index (χ1) is 13.6. The molecule has 2 N–H and O–H groups in total. The third-order valence-corrected chi connectivity index (χ3v) is 4.22. The molecule has 28 heavy (non-hydrogen) atoms. The van der Waals surface area contributed by atoms with Gasteiger partial charge in [-0.15, -0.1) is 0 Å². The van der Waals surface area contributed by atoms with Crippen LogP contribution in [0.5, 0.6) is 0 Å².